The van der Waals surface area contributed by atoms with Crippen molar-refractivity contribution in [1.82, 2.24) is 20.2 Å². The maximum Gasteiger partial charge on any atom is 0.524 e. The summed E-state index contributed by atoms with van der Waals surface area (Å²) in [5.74, 6) is 0.308. The van der Waals surface area contributed by atoms with Crippen LogP contribution in [0.3, 0.4) is 0 Å². The van der Waals surface area contributed by atoms with E-state index >= 15 is 0 Å². The third kappa shape index (κ3) is 4.70. The molecule has 4 aromatic rings. The van der Waals surface area contributed by atoms with Crippen LogP contribution in [0.1, 0.15) is 53.4 Å². The Balaban J connectivity index is 1.03. The van der Waals surface area contributed by atoms with Crippen molar-refractivity contribution in [2.24, 2.45) is 16.2 Å². The van der Waals surface area contributed by atoms with Gasteiger partial charge in [-0.3, -0.25) is 19.4 Å². The monoisotopic (exact) mass is 798 g/mol. The van der Waals surface area contributed by atoms with E-state index in [9.17, 15) is 28.7 Å². The number of benzene rings is 2. The number of carbonyl (C=O) groups is 3. The quantitative estimate of drug-likeness (QED) is 0.101. The summed E-state index contributed by atoms with van der Waals surface area (Å²) in [5, 5.41) is 4.64. The largest absolute Gasteiger partial charge is 0.524 e. The lowest BCUT2D eigenvalue weighted by Gasteiger charge is -2.37. The molecule has 5 aliphatic rings. The lowest BCUT2D eigenvalue weighted by molar-refractivity contribution is -0.134. The minimum absolute atomic E-state index is 0.0457. The lowest BCUT2D eigenvalue weighted by Crippen LogP contribution is -2.49. The predicted octanol–water partition coefficient (Wildman–Crippen LogP) is 5.60. The van der Waals surface area contributed by atoms with Crippen LogP contribution in [0.25, 0.3) is 21.8 Å². The van der Waals surface area contributed by atoms with Gasteiger partial charge in [-0.25, -0.2) is 9.36 Å². The minimum atomic E-state index is -4.92. The summed E-state index contributed by atoms with van der Waals surface area (Å²) in [4.78, 5) is 73.3. The van der Waals surface area contributed by atoms with Gasteiger partial charge in [-0.15, -0.1) is 23.2 Å². The van der Waals surface area contributed by atoms with Crippen molar-refractivity contribution in [3.8, 4) is 11.5 Å². The number of hydrogen-bond donors (Lipinski definition) is 5. The molecule has 3 unspecified atom stereocenters. The Morgan fingerprint density at radius 1 is 0.907 bits per heavy atom. The van der Waals surface area contributed by atoms with Crippen molar-refractivity contribution in [3.05, 3.63) is 46.8 Å². The Morgan fingerprint density at radius 3 is 1.87 bits per heavy atom. The normalized spacial score (nSPS) is 27.3. The highest BCUT2D eigenvalue weighted by Crippen LogP contribution is 3.01. The van der Waals surface area contributed by atoms with Gasteiger partial charge < -0.3 is 39.2 Å². The first-order chi connectivity index (χ1) is 25.7. The lowest BCUT2D eigenvalue weighted by atomic mass is 9.72. The molecular formula is C37H41Cl2N6O8P. The number of phosphoric acid groups is 1. The van der Waals surface area contributed by atoms with Gasteiger partial charge in [0.15, 0.2) is 11.5 Å². The van der Waals surface area contributed by atoms with Crippen molar-refractivity contribution < 1.29 is 38.0 Å². The van der Waals surface area contributed by atoms with Gasteiger partial charge in [0.1, 0.15) is 0 Å². The van der Waals surface area contributed by atoms with Crippen molar-refractivity contribution in [1.29, 1.82) is 0 Å². The van der Waals surface area contributed by atoms with Gasteiger partial charge in [-0.2, -0.15) is 0 Å². The summed E-state index contributed by atoms with van der Waals surface area (Å²) in [6.07, 6.45) is 4.65. The van der Waals surface area contributed by atoms with Crippen LogP contribution in [0.5, 0.6) is 11.5 Å². The number of H-pyrrole nitrogens is 2. The number of halogens is 2. The van der Waals surface area contributed by atoms with Gasteiger partial charge in [0.2, 0.25) is 11.8 Å². The Kier molecular flexibility index (Phi) is 7.89. The summed E-state index contributed by atoms with van der Waals surface area (Å²) < 4.78 is 23.0. The SMILES string of the molecule is CNCCN(C)C(=O)Oc1cc2c(c3c(C)c[nH]c13)[C@H](CCl)CN2C(=O)C12CC3(C(=O)N4C[C@@H](CCl)c5c4cc(OP(=O)(O)O)c4[nH]cc(C)c54)CC13C2. The van der Waals surface area contributed by atoms with Gasteiger partial charge in [0.25, 0.3) is 0 Å². The molecule has 1 spiro atoms. The van der Waals surface area contributed by atoms with Gasteiger partial charge in [0, 0.05) is 97.5 Å². The van der Waals surface area contributed by atoms with E-state index in [2.05, 4.69) is 15.3 Å². The van der Waals surface area contributed by atoms with E-state index in [1.165, 1.54) is 11.0 Å². The van der Waals surface area contributed by atoms with Crippen LogP contribution >= 0.6 is 31.0 Å². The first-order valence-electron chi connectivity index (χ1n) is 18.0. The van der Waals surface area contributed by atoms with E-state index in [1.54, 1.807) is 29.1 Å². The zero-order valence-electron chi connectivity index (χ0n) is 30.2. The number of alkyl halides is 2. The number of carbonyl (C=O) groups excluding carboxylic acids is 3. The molecule has 3 amide bonds. The number of hydrogen-bond acceptors (Lipinski definition) is 7. The fourth-order valence-corrected chi connectivity index (χ4v) is 11.3. The summed E-state index contributed by atoms with van der Waals surface area (Å²) in [7, 11) is -1.44. The van der Waals surface area contributed by atoms with Crippen LogP contribution in [0, 0.1) is 30.1 Å². The molecular weight excluding hydrogens is 758 g/mol. The molecule has 3 saturated carbocycles. The number of nitrogens with one attached hydrogen (secondary N) is 3. The molecule has 3 aliphatic carbocycles. The molecule has 286 valence electrons. The molecule has 54 heavy (non-hydrogen) atoms. The number of aromatic nitrogens is 2. The number of nitrogens with zero attached hydrogens (tertiary/aromatic N) is 3. The summed E-state index contributed by atoms with van der Waals surface area (Å²) in [5.41, 5.74) is 3.98. The molecule has 0 radical (unpaired) electrons. The van der Waals surface area contributed by atoms with Crippen LogP contribution in [0.2, 0.25) is 0 Å². The highest BCUT2D eigenvalue weighted by Gasteiger charge is 3.01. The van der Waals surface area contributed by atoms with Crippen molar-refractivity contribution in [2.45, 2.75) is 44.9 Å². The standard InChI is InChI=1S/C37H41Cl2N6O8P/c1-18-11-41-30-24(52-34(48)43(4)6-5-40-3)7-22-28(26(18)30)20(9-38)13-44(22)32(46)35-15-36(17-37(35,36)16-35)33(47)45-14-21(10-39)29-23(45)8-25(53-54(49,50)51)31-27(29)19(2)12-42-31/h7-8,11-12,20-21,40-42H,5-6,9-10,13-17H2,1-4H3,(H2,49,50,51)/t20-,21-,35?,36?,37?/m1/s1. The second kappa shape index (κ2) is 11.9. The van der Waals surface area contributed by atoms with Gasteiger partial charge in [0.05, 0.1) is 33.2 Å². The summed E-state index contributed by atoms with van der Waals surface area (Å²) in [6, 6.07) is 3.29. The Bertz CT molecular complexity index is 2380. The number of aromatic amines is 2. The van der Waals surface area contributed by atoms with E-state index in [0.717, 1.165) is 33.0 Å². The molecule has 0 bridgehead atoms. The van der Waals surface area contributed by atoms with E-state index in [1.807, 2.05) is 27.1 Å². The Hall–Kier alpha value is -3.78. The number of aryl methyl sites for hydroxylation is 2. The van der Waals surface area contributed by atoms with Crippen molar-refractivity contribution in [2.75, 3.05) is 61.8 Å². The van der Waals surface area contributed by atoms with E-state index in [0.29, 0.717) is 79.5 Å². The molecule has 17 heteroatoms. The summed E-state index contributed by atoms with van der Waals surface area (Å²) in [6.45, 7) is 5.58. The van der Waals surface area contributed by atoms with Gasteiger partial charge >= 0.3 is 13.9 Å². The molecule has 0 saturated heterocycles. The maximum absolute atomic E-state index is 14.8. The number of amides is 3. The smallest absolute Gasteiger partial charge is 0.408 e. The Labute approximate surface area is 320 Å². The topological polar surface area (TPSA) is 181 Å². The summed E-state index contributed by atoms with van der Waals surface area (Å²) >= 11 is 13.1. The number of ether oxygens (including phenoxy) is 1. The third-order valence-electron chi connectivity index (χ3n) is 13.0. The molecule has 14 nitrogen and oxygen atoms in total. The van der Waals surface area contributed by atoms with E-state index in [-0.39, 0.29) is 35.3 Å². The van der Waals surface area contributed by atoms with Crippen LogP contribution in [0.4, 0.5) is 16.2 Å². The van der Waals surface area contributed by atoms with Gasteiger partial charge in [-0.05, 0) is 62.4 Å². The molecule has 3 fully saturated rings. The number of rotatable bonds is 10. The molecule has 4 heterocycles. The molecule has 9 rings (SSSR count). The average Bonchev–Trinajstić information content (AvgIpc) is 3.52. The average molecular weight is 800 g/mol. The molecule has 2 aliphatic heterocycles. The highest BCUT2D eigenvalue weighted by atomic mass is 35.5. The maximum atomic E-state index is 14.8. The minimum Gasteiger partial charge on any atom is -0.408 e. The number of likely N-dealkylation sites (N-methyl/N-ethyl adjacent to an activating group) is 2. The highest BCUT2D eigenvalue weighted by molar-refractivity contribution is 7.46. The van der Waals surface area contributed by atoms with Crippen molar-refractivity contribution >= 4 is 82.1 Å². The number of fused-ring (bicyclic) bond motifs is 6. The fourth-order valence-electron chi connectivity index (χ4n) is 10.4. The van der Waals surface area contributed by atoms with Gasteiger partial charge in [-0.1, -0.05) is 0 Å². The van der Waals surface area contributed by atoms with Crippen LogP contribution in [-0.2, 0) is 14.2 Å². The second-order valence-corrected chi connectivity index (χ2v) is 17.6. The zero-order chi connectivity index (χ0) is 38.3. The van der Waals surface area contributed by atoms with E-state index < -0.39 is 30.2 Å². The predicted molar refractivity (Wildman–Crippen MR) is 204 cm³/mol. The van der Waals surface area contributed by atoms with Crippen LogP contribution in [0.15, 0.2) is 24.5 Å². The van der Waals surface area contributed by atoms with Crippen LogP contribution in [-0.4, -0.2) is 94.6 Å². The number of anilines is 2. The van der Waals surface area contributed by atoms with Crippen LogP contribution < -0.4 is 24.4 Å². The zero-order valence-corrected chi connectivity index (χ0v) is 32.6. The molecule has 2 aromatic carbocycles. The van der Waals surface area contributed by atoms with E-state index in [4.69, 9.17) is 32.5 Å². The Morgan fingerprint density at radius 2 is 1.41 bits per heavy atom. The molecule has 5 atom stereocenters. The second-order valence-electron chi connectivity index (χ2n) is 15.8. The fraction of sp³-hybridized carbons (Fsp3) is 0.486. The number of phosphoric ester groups is 1. The molecule has 2 aromatic heterocycles. The van der Waals surface area contributed by atoms with Crippen molar-refractivity contribution in [3.63, 3.8) is 0 Å². The first kappa shape index (κ1) is 35.9. The molecule has 5 N–H and O–H groups in total. The first-order valence-corrected chi connectivity index (χ1v) is 20.6. The third-order valence-corrected chi connectivity index (χ3v) is 14.2.